The van der Waals surface area contributed by atoms with E-state index in [1.807, 2.05) is 12.1 Å². The van der Waals surface area contributed by atoms with Crippen LogP contribution in [0.2, 0.25) is 4.71 Å². The van der Waals surface area contributed by atoms with Crippen molar-refractivity contribution < 1.29 is 32.3 Å². The standard InChI is InChI=1S/C26H28AsF4N2O3/c28-20-8-4-16(5-9-20)17-6-10-21(11-7-17)33-14-22(23(34)15-33)27-24(35)13-32-25(36)18-2-1-3-19(12-18)26(29,30)31/h1-5,8-9,12,17,21-23,34H,6-7,10-11,13-15H2,(H,32,36). The van der Waals surface area contributed by atoms with Crippen LogP contribution in [0.1, 0.15) is 53.1 Å². The number of aliphatic hydroxyl groups excluding tert-OH is 1. The summed E-state index contributed by atoms with van der Waals surface area (Å²) in [6.45, 7) is 0.873. The van der Waals surface area contributed by atoms with Crippen molar-refractivity contribution in [1.82, 2.24) is 10.2 Å². The van der Waals surface area contributed by atoms with Crippen LogP contribution in [0.4, 0.5) is 17.6 Å². The van der Waals surface area contributed by atoms with E-state index in [9.17, 15) is 32.3 Å². The molecule has 0 spiro atoms. The number of rotatable bonds is 7. The first-order chi connectivity index (χ1) is 17.1. The average molecular weight is 567 g/mol. The molecule has 2 fully saturated rings. The number of carbonyl (C=O) groups is 2. The number of aliphatic hydroxyl groups is 1. The maximum absolute atomic E-state index is 13.2. The van der Waals surface area contributed by atoms with Gasteiger partial charge in [0, 0.05) is 0 Å². The minimum absolute atomic E-state index is 0.155. The normalized spacial score (nSPS) is 25.4. The number of likely N-dealkylation sites (tertiary alicyclic amines) is 1. The SMILES string of the molecule is O=C(CNC(=O)c1cccc(C(F)(F)F)c1)[As]C1CN(C2CCC(c3ccc(F)cc3)CC2)CC1O. The number of hydrogen-bond donors (Lipinski definition) is 2. The molecule has 1 saturated carbocycles. The van der Waals surface area contributed by atoms with E-state index < -0.39 is 39.5 Å². The van der Waals surface area contributed by atoms with Crippen molar-refractivity contribution in [3.8, 4) is 0 Å². The summed E-state index contributed by atoms with van der Waals surface area (Å²) in [6, 6.07) is 11.1. The third-order valence-corrected chi connectivity index (χ3v) is 9.70. The Morgan fingerprint density at radius 2 is 1.72 bits per heavy atom. The van der Waals surface area contributed by atoms with Gasteiger partial charge in [0.25, 0.3) is 0 Å². The number of alkyl halides is 3. The predicted octanol–water partition coefficient (Wildman–Crippen LogP) is 4.00. The maximum atomic E-state index is 13.2. The molecule has 1 aliphatic carbocycles. The third kappa shape index (κ3) is 6.75. The number of nitrogens with one attached hydrogen (secondary N) is 1. The number of β-amino-alcohol motifs (C(OH)–C–C–N with tert-alkyl or cyclic N) is 1. The van der Waals surface area contributed by atoms with Crippen LogP contribution in [0, 0.1) is 5.82 Å². The molecular weight excluding hydrogens is 539 g/mol. The molecule has 10 heteroatoms. The fraction of sp³-hybridized carbons (Fsp3) is 0.462. The number of benzene rings is 2. The Morgan fingerprint density at radius 1 is 1.03 bits per heavy atom. The van der Waals surface area contributed by atoms with Gasteiger partial charge < -0.3 is 0 Å². The van der Waals surface area contributed by atoms with Gasteiger partial charge in [-0.05, 0) is 0 Å². The molecule has 193 valence electrons. The van der Waals surface area contributed by atoms with E-state index in [1.165, 1.54) is 18.2 Å². The van der Waals surface area contributed by atoms with Crippen molar-refractivity contribution in [2.75, 3.05) is 19.6 Å². The Hall–Kier alpha value is -2.22. The van der Waals surface area contributed by atoms with Crippen LogP contribution < -0.4 is 5.32 Å². The van der Waals surface area contributed by atoms with Gasteiger partial charge in [0.2, 0.25) is 0 Å². The zero-order chi connectivity index (χ0) is 25.9. The molecule has 4 rings (SSSR count). The first-order valence-corrected chi connectivity index (χ1v) is 14.0. The second-order valence-corrected chi connectivity index (χ2v) is 12.4. The van der Waals surface area contributed by atoms with Crippen LogP contribution in [-0.4, -0.2) is 68.0 Å². The molecule has 2 unspecified atom stereocenters. The molecule has 1 saturated heterocycles. The molecule has 36 heavy (non-hydrogen) atoms. The van der Waals surface area contributed by atoms with Gasteiger partial charge in [-0.25, -0.2) is 0 Å². The second-order valence-electron chi connectivity index (χ2n) is 9.43. The molecule has 1 heterocycles. The van der Waals surface area contributed by atoms with E-state index in [4.69, 9.17) is 0 Å². The van der Waals surface area contributed by atoms with Gasteiger partial charge in [-0.15, -0.1) is 0 Å². The monoisotopic (exact) mass is 567 g/mol. The van der Waals surface area contributed by atoms with Gasteiger partial charge in [-0.1, -0.05) is 0 Å². The van der Waals surface area contributed by atoms with E-state index in [-0.39, 0.29) is 27.2 Å². The number of nitrogens with zero attached hydrogens (tertiary/aromatic N) is 1. The van der Waals surface area contributed by atoms with Gasteiger partial charge in [-0.3, -0.25) is 0 Å². The van der Waals surface area contributed by atoms with E-state index >= 15 is 0 Å². The summed E-state index contributed by atoms with van der Waals surface area (Å²) in [5.74, 6) is -0.571. The Balaban J connectivity index is 1.23. The Kier molecular flexibility index (Phi) is 8.53. The topological polar surface area (TPSA) is 69.6 Å². The zero-order valence-electron chi connectivity index (χ0n) is 19.5. The van der Waals surface area contributed by atoms with Gasteiger partial charge in [-0.2, -0.15) is 0 Å². The molecule has 0 aromatic heterocycles. The van der Waals surface area contributed by atoms with Crippen molar-refractivity contribution >= 4 is 26.2 Å². The molecule has 2 aromatic carbocycles. The molecule has 2 aromatic rings. The van der Waals surface area contributed by atoms with Crippen molar-refractivity contribution in [2.45, 2.75) is 54.6 Å². The predicted molar refractivity (Wildman–Crippen MR) is 127 cm³/mol. The summed E-state index contributed by atoms with van der Waals surface area (Å²) in [6.07, 6.45) is -1.24. The summed E-state index contributed by atoms with van der Waals surface area (Å²) in [7, 11) is 0. The van der Waals surface area contributed by atoms with E-state index in [0.29, 0.717) is 25.0 Å². The summed E-state index contributed by atoms with van der Waals surface area (Å²) in [4.78, 5) is 27.0. The second kappa shape index (κ2) is 11.4. The number of carbonyl (C=O) groups excluding carboxylic acids is 2. The van der Waals surface area contributed by atoms with E-state index in [2.05, 4.69) is 10.2 Å². The van der Waals surface area contributed by atoms with Crippen LogP contribution in [0.15, 0.2) is 48.5 Å². The van der Waals surface area contributed by atoms with Gasteiger partial charge in [0.1, 0.15) is 0 Å². The van der Waals surface area contributed by atoms with Gasteiger partial charge in [0.05, 0.1) is 0 Å². The fourth-order valence-corrected chi connectivity index (χ4v) is 7.36. The zero-order valence-corrected chi connectivity index (χ0v) is 21.4. The molecule has 5 nitrogen and oxygen atoms in total. The summed E-state index contributed by atoms with van der Waals surface area (Å²) < 4.78 is 51.4. The summed E-state index contributed by atoms with van der Waals surface area (Å²) in [5, 5.41) is 13.0. The van der Waals surface area contributed by atoms with Crippen LogP contribution in [0.5, 0.6) is 0 Å². The summed E-state index contributed by atoms with van der Waals surface area (Å²) in [5.41, 5.74) is 0.0721. The number of amides is 1. The molecule has 0 bridgehead atoms. The van der Waals surface area contributed by atoms with E-state index in [1.54, 1.807) is 0 Å². The summed E-state index contributed by atoms with van der Waals surface area (Å²) >= 11 is -0.898. The Bertz CT molecular complexity index is 1070. The van der Waals surface area contributed by atoms with Crippen molar-refractivity contribution in [3.05, 3.63) is 71.0 Å². The van der Waals surface area contributed by atoms with Crippen molar-refractivity contribution in [2.24, 2.45) is 0 Å². The first-order valence-electron chi connectivity index (χ1n) is 12.0. The third-order valence-electron chi connectivity index (χ3n) is 7.00. The average Bonchev–Trinajstić information content (AvgIpc) is 3.22. The Morgan fingerprint density at radius 3 is 2.39 bits per heavy atom. The molecule has 1 amide bonds. The van der Waals surface area contributed by atoms with Crippen molar-refractivity contribution in [1.29, 1.82) is 0 Å². The van der Waals surface area contributed by atoms with Crippen LogP contribution >= 0.6 is 0 Å². The Labute approximate surface area is 213 Å². The molecular formula is C26H28AsF4N2O3. The van der Waals surface area contributed by atoms with Gasteiger partial charge >= 0.3 is 214 Å². The van der Waals surface area contributed by atoms with Crippen LogP contribution in [0.25, 0.3) is 0 Å². The minimum atomic E-state index is -4.55. The molecule has 2 aliphatic rings. The van der Waals surface area contributed by atoms with Crippen LogP contribution in [0.3, 0.4) is 0 Å². The number of halogens is 4. The van der Waals surface area contributed by atoms with Crippen molar-refractivity contribution in [3.63, 3.8) is 0 Å². The fourth-order valence-electron chi connectivity index (χ4n) is 5.06. The first kappa shape index (κ1) is 26.8. The molecule has 2 N–H and O–H groups in total. The van der Waals surface area contributed by atoms with E-state index in [0.717, 1.165) is 49.4 Å². The quantitative estimate of drug-likeness (QED) is 0.392. The molecule has 1 radical (unpaired) electrons. The molecule has 1 aliphatic heterocycles. The van der Waals surface area contributed by atoms with Crippen LogP contribution in [-0.2, 0) is 11.0 Å². The van der Waals surface area contributed by atoms with Gasteiger partial charge in [0.15, 0.2) is 0 Å². The molecule has 2 atom stereocenters. The number of hydrogen-bond acceptors (Lipinski definition) is 4.